The first-order valence-corrected chi connectivity index (χ1v) is 13.7. The molecule has 0 aliphatic carbocycles. The molecule has 0 N–H and O–H groups in total. The van der Waals surface area contributed by atoms with Gasteiger partial charge in [0, 0.05) is 11.1 Å². The first kappa shape index (κ1) is 33.0. The molecule has 2 rings (SSSR count). The molecule has 0 fully saturated rings. The van der Waals surface area contributed by atoms with Crippen LogP contribution in [-0.4, -0.2) is 11.9 Å². The number of benzene rings is 2. The Balaban J connectivity index is 2.74. The molecule has 0 spiro atoms. The van der Waals surface area contributed by atoms with Gasteiger partial charge in [0.1, 0.15) is 11.5 Å². The lowest BCUT2D eigenvalue weighted by molar-refractivity contribution is -0.131. The van der Waals surface area contributed by atoms with E-state index in [-0.39, 0.29) is 0 Å². The molecule has 0 saturated heterocycles. The standard InChI is InChI=1S/C37H44O4/c1-22(2)13-30-18-28(19-31(14-23(3)4)34(30)40-36(38)26(9)10)17-29-20-32(15-24(5)6)35(41-37(39)27(11)12)33(21-29)16-25(7)8/h18-21H,1,3,5,7,9,11,13-17H2,2,4,6,8,10,12H3. The molecule has 41 heavy (non-hydrogen) atoms. The predicted octanol–water partition coefficient (Wildman–Crippen LogP) is 8.71. The second kappa shape index (κ2) is 14.5. The van der Waals surface area contributed by atoms with Crippen LogP contribution in [0.25, 0.3) is 0 Å². The van der Waals surface area contributed by atoms with Crippen LogP contribution < -0.4 is 9.47 Å². The first-order valence-electron chi connectivity index (χ1n) is 13.7. The highest BCUT2D eigenvalue weighted by Gasteiger charge is 2.20. The minimum absolute atomic E-state index is 0.333. The van der Waals surface area contributed by atoms with Gasteiger partial charge in [0.2, 0.25) is 0 Å². The van der Waals surface area contributed by atoms with Gasteiger partial charge in [-0.1, -0.05) is 86.0 Å². The second-order valence-corrected chi connectivity index (χ2v) is 11.5. The SMILES string of the molecule is C=C(C)Cc1cc(Cc2cc(CC(=C)C)c(OC(=O)C(=C)C)c(CC(=C)C)c2)cc(CC(=C)C)c1OC(=O)C(=C)C. The topological polar surface area (TPSA) is 52.6 Å². The molecule has 216 valence electrons. The van der Waals surface area contributed by atoms with E-state index < -0.39 is 11.9 Å². The van der Waals surface area contributed by atoms with Crippen molar-refractivity contribution in [1.82, 2.24) is 0 Å². The fourth-order valence-electron chi connectivity index (χ4n) is 4.54. The van der Waals surface area contributed by atoms with Crippen LogP contribution in [0.2, 0.25) is 0 Å². The Morgan fingerprint density at radius 3 is 0.951 bits per heavy atom. The summed E-state index contributed by atoms with van der Waals surface area (Å²) in [5, 5.41) is 0. The van der Waals surface area contributed by atoms with E-state index in [9.17, 15) is 9.59 Å². The Morgan fingerprint density at radius 1 is 0.512 bits per heavy atom. The van der Waals surface area contributed by atoms with E-state index in [1.807, 2.05) is 27.7 Å². The Hall–Kier alpha value is -4.18. The van der Waals surface area contributed by atoms with Crippen LogP contribution in [0, 0.1) is 0 Å². The largest absolute Gasteiger partial charge is 0.423 e. The molecule has 0 aliphatic heterocycles. The monoisotopic (exact) mass is 552 g/mol. The summed E-state index contributed by atoms with van der Waals surface area (Å²) in [6.45, 7) is 34.9. The van der Waals surface area contributed by atoms with E-state index in [1.165, 1.54) is 0 Å². The van der Waals surface area contributed by atoms with Crippen LogP contribution >= 0.6 is 0 Å². The van der Waals surface area contributed by atoms with Gasteiger partial charge in [0.25, 0.3) is 0 Å². The zero-order valence-corrected chi connectivity index (χ0v) is 25.7. The van der Waals surface area contributed by atoms with Crippen molar-refractivity contribution in [2.45, 2.75) is 73.6 Å². The fraction of sp³-hybridized carbons (Fsp3) is 0.297. The molecule has 4 heteroatoms. The zero-order valence-electron chi connectivity index (χ0n) is 25.7. The lowest BCUT2D eigenvalue weighted by atomic mass is 9.90. The zero-order chi connectivity index (χ0) is 31.0. The average molecular weight is 553 g/mol. The van der Waals surface area contributed by atoms with Crippen LogP contribution in [0.5, 0.6) is 11.5 Å². The summed E-state index contributed by atoms with van der Waals surface area (Å²) >= 11 is 0. The van der Waals surface area contributed by atoms with Crippen molar-refractivity contribution in [3.63, 3.8) is 0 Å². The van der Waals surface area contributed by atoms with Gasteiger partial charge in [-0.3, -0.25) is 0 Å². The maximum absolute atomic E-state index is 12.5. The number of carbonyl (C=O) groups excluding carboxylic acids is 2. The number of rotatable bonds is 14. The van der Waals surface area contributed by atoms with Crippen molar-refractivity contribution in [1.29, 1.82) is 0 Å². The number of esters is 2. The molecule has 0 aliphatic rings. The normalized spacial score (nSPS) is 10.5. The predicted molar refractivity (Wildman–Crippen MR) is 171 cm³/mol. The van der Waals surface area contributed by atoms with Gasteiger partial charge in [-0.2, -0.15) is 0 Å². The van der Waals surface area contributed by atoms with E-state index in [4.69, 9.17) is 9.47 Å². The summed E-state index contributed by atoms with van der Waals surface area (Å²) in [4.78, 5) is 25.1. The van der Waals surface area contributed by atoms with Crippen LogP contribution in [0.3, 0.4) is 0 Å². The van der Waals surface area contributed by atoms with E-state index in [1.54, 1.807) is 13.8 Å². The van der Waals surface area contributed by atoms with Crippen LogP contribution in [0.4, 0.5) is 0 Å². The molecular weight excluding hydrogens is 508 g/mol. The van der Waals surface area contributed by atoms with Crippen molar-refractivity contribution in [3.8, 4) is 11.5 Å². The number of hydrogen-bond acceptors (Lipinski definition) is 4. The summed E-state index contributed by atoms with van der Waals surface area (Å²) < 4.78 is 11.7. The second-order valence-electron chi connectivity index (χ2n) is 11.5. The van der Waals surface area contributed by atoms with Crippen molar-refractivity contribution in [3.05, 3.63) is 131 Å². The molecule has 4 nitrogen and oxygen atoms in total. The van der Waals surface area contributed by atoms with Gasteiger partial charge in [0.15, 0.2) is 0 Å². The van der Waals surface area contributed by atoms with Gasteiger partial charge in [-0.15, -0.1) is 0 Å². The maximum Gasteiger partial charge on any atom is 0.338 e. The Bertz CT molecular complexity index is 1260. The smallest absolute Gasteiger partial charge is 0.338 e. The highest BCUT2D eigenvalue weighted by molar-refractivity contribution is 5.89. The highest BCUT2D eigenvalue weighted by Crippen LogP contribution is 2.34. The minimum atomic E-state index is -0.461. The van der Waals surface area contributed by atoms with Gasteiger partial charge < -0.3 is 9.47 Å². The summed E-state index contributed by atoms with van der Waals surface area (Å²) in [5.74, 6) is 0.163. The summed E-state index contributed by atoms with van der Waals surface area (Å²) in [6, 6.07) is 8.29. The number of hydrogen-bond donors (Lipinski definition) is 0. The number of ether oxygens (including phenoxy) is 2. The molecule has 2 aromatic carbocycles. The molecule has 0 aromatic heterocycles. The molecule has 0 bridgehead atoms. The van der Waals surface area contributed by atoms with Crippen LogP contribution in [-0.2, 0) is 41.7 Å². The third kappa shape index (κ3) is 10.1. The summed E-state index contributed by atoms with van der Waals surface area (Å²) in [7, 11) is 0. The van der Waals surface area contributed by atoms with Crippen LogP contribution in [0.1, 0.15) is 74.9 Å². The Labute approximate surface area is 246 Å². The number of carbonyl (C=O) groups is 2. The van der Waals surface area contributed by atoms with Gasteiger partial charge in [0.05, 0.1) is 0 Å². The third-order valence-corrected chi connectivity index (χ3v) is 6.07. The van der Waals surface area contributed by atoms with Crippen molar-refractivity contribution in [2.75, 3.05) is 0 Å². The fourth-order valence-corrected chi connectivity index (χ4v) is 4.54. The molecular formula is C37H44O4. The highest BCUT2D eigenvalue weighted by atomic mass is 16.5. The van der Waals surface area contributed by atoms with Crippen molar-refractivity contribution < 1.29 is 19.1 Å². The third-order valence-electron chi connectivity index (χ3n) is 6.07. The molecule has 0 heterocycles. The first-order chi connectivity index (χ1) is 19.1. The molecule has 0 atom stereocenters. The van der Waals surface area contributed by atoms with E-state index in [2.05, 4.69) is 63.7 Å². The molecule has 0 amide bonds. The lowest BCUT2D eigenvalue weighted by Gasteiger charge is -2.20. The van der Waals surface area contributed by atoms with Crippen LogP contribution in [0.15, 0.2) is 97.2 Å². The van der Waals surface area contributed by atoms with Crippen molar-refractivity contribution in [2.24, 2.45) is 0 Å². The van der Waals surface area contributed by atoms with E-state index in [0.29, 0.717) is 54.7 Å². The van der Waals surface area contributed by atoms with Gasteiger partial charge >= 0.3 is 11.9 Å². The Kier molecular flexibility index (Phi) is 11.6. The lowest BCUT2D eigenvalue weighted by Crippen LogP contribution is -2.13. The molecule has 0 saturated carbocycles. The van der Waals surface area contributed by atoms with Gasteiger partial charge in [-0.25, -0.2) is 9.59 Å². The summed E-state index contributed by atoms with van der Waals surface area (Å²) in [5.41, 5.74) is 10.1. The summed E-state index contributed by atoms with van der Waals surface area (Å²) in [6.07, 6.45) is 2.87. The minimum Gasteiger partial charge on any atom is -0.423 e. The van der Waals surface area contributed by atoms with E-state index in [0.717, 1.165) is 55.7 Å². The average Bonchev–Trinajstić information content (AvgIpc) is 2.81. The Morgan fingerprint density at radius 2 is 0.756 bits per heavy atom. The van der Waals surface area contributed by atoms with Gasteiger partial charge in [-0.05, 0) is 107 Å². The van der Waals surface area contributed by atoms with Crippen molar-refractivity contribution >= 4 is 11.9 Å². The molecule has 2 aromatic rings. The number of allylic oxidation sites excluding steroid dienone is 4. The quantitative estimate of drug-likeness (QED) is 0.102. The molecule has 0 radical (unpaired) electrons. The maximum atomic E-state index is 12.5. The van der Waals surface area contributed by atoms with E-state index >= 15 is 0 Å². The molecule has 0 unspecified atom stereocenters.